The second-order valence-electron chi connectivity index (χ2n) is 3.83. The van der Waals surface area contributed by atoms with E-state index in [1.807, 2.05) is 0 Å². The van der Waals surface area contributed by atoms with Gasteiger partial charge in [0.05, 0.1) is 6.42 Å². The highest BCUT2D eigenvalue weighted by atomic mass is 19.4. The van der Waals surface area contributed by atoms with Crippen LogP contribution in [0.15, 0.2) is 0 Å². The highest BCUT2D eigenvalue weighted by molar-refractivity contribution is 5.76. The zero-order chi connectivity index (χ0) is 12.1. The maximum absolute atomic E-state index is 11.9. The summed E-state index contributed by atoms with van der Waals surface area (Å²) in [4.78, 5) is 11.2. The number of amides is 1. The number of hydrogen-bond donors (Lipinski definition) is 2. The van der Waals surface area contributed by atoms with Gasteiger partial charge in [-0.3, -0.25) is 4.79 Å². The first-order valence-electron chi connectivity index (χ1n) is 4.80. The van der Waals surface area contributed by atoms with Crippen LogP contribution in [0, 0.1) is 5.92 Å². The fourth-order valence-electron chi connectivity index (χ4n) is 1.13. The van der Waals surface area contributed by atoms with Crippen molar-refractivity contribution in [3.8, 4) is 0 Å². The highest BCUT2D eigenvalue weighted by Gasteiger charge is 2.30. The third-order valence-corrected chi connectivity index (χ3v) is 1.88. The molecule has 0 radical (unpaired) electrons. The van der Waals surface area contributed by atoms with Gasteiger partial charge in [0.15, 0.2) is 0 Å². The Morgan fingerprint density at radius 2 is 1.93 bits per heavy atom. The van der Waals surface area contributed by atoms with Gasteiger partial charge in [0.2, 0.25) is 5.91 Å². The summed E-state index contributed by atoms with van der Waals surface area (Å²) < 4.78 is 35.7. The first kappa shape index (κ1) is 14.2. The molecule has 2 atom stereocenters. The van der Waals surface area contributed by atoms with Crippen LogP contribution in [0.2, 0.25) is 0 Å². The average molecular weight is 226 g/mol. The summed E-state index contributed by atoms with van der Waals surface area (Å²) in [5.74, 6) is -0.396. The molecule has 0 aliphatic carbocycles. The lowest BCUT2D eigenvalue weighted by atomic mass is 10.1. The van der Waals surface area contributed by atoms with Crippen molar-refractivity contribution in [2.75, 3.05) is 6.54 Å². The quantitative estimate of drug-likeness (QED) is 0.745. The zero-order valence-corrected chi connectivity index (χ0v) is 8.90. The summed E-state index contributed by atoms with van der Waals surface area (Å²) in [5.41, 5.74) is 5.29. The van der Waals surface area contributed by atoms with Gasteiger partial charge in [-0.2, -0.15) is 13.2 Å². The van der Waals surface area contributed by atoms with Crippen LogP contribution in [0.3, 0.4) is 0 Å². The van der Waals surface area contributed by atoms with Crippen LogP contribution < -0.4 is 11.1 Å². The number of nitrogens with two attached hydrogens (primary N) is 1. The molecule has 3 nitrogen and oxygen atoms in total. The molecule has 6 heteroatoms. The van der Waals surface area contributed by atoms with Crippen molar-refractivity contribution < 1.29 is 18.0 Å². The van der Waals surface area contributed by atoms with E-state index < -0.39 is 18.6 Å². The molecule has 0 saturated carbocycles. The minimum atomic E-state index is -4.24. The number of rotatable bonds is 5. The lowest BCUT2D eigenvalue weighted by Crippen LogP contribution is -2.37. The van der Waals surface area contributed by atoms with Gasteiger partial charge in [-0.1, -0.05) is 6.92 Å². The van der Waals surface area contributed by atoms with Crippen LogP contribution in [-0.2, 0) is 4.79 Å². The van der Waals surface area contributed by atoms with Crippen molar-refractivity contribution >= 4 is 5.91 Å². The predicted octanol–water partition coefficient (Wildman–Crippen LogP) is 1.43. The van der Waals surface area contributed by atoms with E-state index in [1.54, 1.807) is 6.92 Å². The van der Waals surface area contributed by atoms with E-state index in [1.165, 1.54) is 6.92 Å². The van der Waals surface area contributed by atoms with Crippen LogP contribution >= 0.6 is 0 Å². The van der Waals surface area contributed by atoms with Crippen molar-refractivity contribution in [1.82, 2.24) is 5.32 Å². The standard InChI is InChI=1S/C9H17F3N2O/c1-6(5-13)3-8(15)14-7(2)4-9(10,11)12/h6-7H,3-5,13H2,1-2H3,(H,14,15). The Morgan fingerprint density at radius 1 is 1.40 bits per heavy atom. The number of nitrogens with one attached hydrogen (secondary N) is 1. The minimum absolute atomic E-state index is 0.0110. The molecule has 0 aromatic rings. The number of carbonyl (C=O) groups excluding carboxylic acids is 1. The van der Waals surface area contributed by atoms with Gasteiger partial charge in [-0.25, -0.2) is 0 Å². The third-order valence-electron chi connectivity index (χ3n) is 1.88. The summed E-state index contributed by atoms with van der Waals surface area (Å²) in [6.07, 6.45) is -5.08. The normalized spacial score (nSPS) is 15.9. The second kappa shape index (κ2) is 5.95. The number of carbonyl (C=O) groups is 1. The second-order valence-corrected chi connectivity index (χ2v) is 3.83. The molecule has 1 amide bonds. The van der Waals surface area contributed by atoms with Crippen LogP contribution in [0.25, 0.3) is 0 Å². The molecule has 0 spiro atoms. The lowest BCUT2D eigenvalue weighted by Gasteiger charge is -2.16. The lowest BCUT2D eigenvalue weighted by molar-refractivity contribution is -0.141. The number of alkyl halides is 3. The monoisotopic (exact) mass is 226 g/mol. The Bertz CT molecular complexity index is 206. The molecule has 3 N–H and O–H groups in total. The molecule has 90 valence electrons. The van der Waals surface area contributed by atoms with Crippen molar-refractivity contribution in [1.29, 1.82) is 0 Å². The molecule has 0 aromatic carbocycles. The molecule has 0 aliphatic rings. The van der Waals surface area contributed by atoms with Gasteiger partial charge in [0.1, 0.15) is 0 Å². The van der Waals surface area contributed by atoms with E-state index in [4.69, 9.17) is 5.73 Å². The number of hydrogen-bond acceptors (Lipinski definition) is 2. The van der Waals surface area contributed by atoms with Crippen LogP contribution in [0.1, 0.15) is 26.7 Å². The SMILES string of the molecule is CC(CN)CC(=O)NC(C)CC(F)(F)F. The Hall–Kier alpha value is -0.780. The highest BCUT2D eigenvalue weighted by Crippen LogP contribution is 2.21. The van der Waals surface area contributed by atoms with E-state index in [0.717, 1.165) is 0 Å². The van der Waals surface area contributed by atoms with E-state index in [-0.39, 0.29) is 18.2 Å². The molecule has 0 aromatic heterocycles. The molecule has 0 aliphatic heterocycles. The molecule has 15 heavy (non-hydrogen) atoms. The molecule has 0 bridgehead atoms. The zero-order valence-electron chi connectivity index (χ0n) is 8.90. The first-order valence-corrected chi connectivity index (χ1v) is 4.80. The van der Waals surface area contributed by atoms with Crippen LogP contribution in [0.5, 0.6) is 0 Å². The Balaban J connectivity index is 3.87. The Kier molecular flexibility index (Phi) is 5.64. The van der Waals surface area contributed by atoms with Crippen molar-refractivity contribution in [3.05, 3.63) is 0 Å². The van der Waals surface area contributed by atoms with Crippen molar-refractivity contribution in [2.24, 2.45) is 11.7 Å². The number of halogens is 3. The molecule has 0 saturated heterocycles. The van der Waals surface area contributed by atoms with Gasteiger partial charge in [0.25, 0.3) is 0 Å². The summed E-state index contributed by atoms with van der Waals surface area (Å²) in [5, 5.41) is 2.29. The largest absolute Gasteiger partial charge is 0.391 e. The predicted molar refractivity (Wildman–Crippen MR) is 51.1 cm³/mol. The van der Waals surface area contributed by atoms with Crippen molar-refractivity contribution in [3.63, 3.8) is 0 Å². The minimum Gasteiger partial charge on any atom is -0.353 e. The van der Waals surface area contributed by atoms with Crippen LogP contribution in [0.4, 0.5) is 13.2 Å². The first-order chi connectivity index (χ1) is 6.74. The fourth-order valence-corrected chi connectivity index (χ4v) is 1.13. The molecule has 0 fully saturated rings. The van der Waals surface area contributed by atoms with Crippen LogP contribution in [-0.4, -0.2) is 24.7 Å². The topological polar surface area (TPSA) is 55.1 Å². The summed E-state index contributed by atoms with van der Waals surface area (Å²) in [6, 6.07) is -0.887. The van der Waals surface area contributed by atoms with Gasteiger partial charge >= 0.3 is 6.18 Å². The molecule has 0 heterocycles. The van der Waals surface area contributed by atoms with Gasteiger partial charge in [0, 0.05) is 12.5 Å². The van der Waals surface area contributed by atoms with Gasteiger partial charge in [-0.15, -0.1) is 0 Å². The third kappa shape index (κ3) is 8.23. The summed E-state index contributed by atoms with van der Waals surface area (Å²) >= 11 is 0. The summed E-state index contributed by atoms with van der Waals surface area (Å²) in [7, 11) is 0. The maximum atomic E-state index is 11.9. The summed E-state index contributed by atoms with van der Waals surface area (Å²) in [6.45, 7) is 3.45. The van der Waals surface area contributed by atoms with E-state index in [0.29, 0.717) is 6.54 Å². The van der Waals surface area contributed by atoms with E-state index >= 15 is 0 Å². The van der Waals surface area contributed by atoms with E-state index in [2.05, 4.69) is 5.32 Å². The van der Waals surface area contributed by atoms with Gasteiger partial charge in [-0.05, 0) is 19.4 Å². The molecular formula is C9H17F3N2O. The molecule has 0 rings (SSSR count). The average Bonchev–Trinajstić information content (AvgIpc) is 1.99. The van der Waals surface area contributed by atoms with E-state index in [9.17, 15) is 18.0 Å². The Labute approximate surface area is 87.2 Å². The van der Waals surface area contributed by atoms with Crippen molar-refractivity contribution in [2.45, 2.75) is 38.9 Å². The van der Waals surface area contributed by atoms with Gasteiger partial charge < -0.3 is 11.1 Å². The Morgan fingerprint density at radius 3 is 2.33 bits per heavy atom. The molecular weight excluding hydrogens is 209 g/mol. The molecule has 2 unspecified atom stereocenters. The fraction of sp³-hybridized carbons (Fsp3) is 0.889. The smallest absolute Gasteiger partial charge is 0.353 e. The maximum Gasteiger partial charge on any atom is 0.391 e.